The normalized spacial score (nSPS) is 13.3. The predicted molar refractivity (Wildman–Crippen MR) is 116 cm³/mol. The largest absolute Gasteiger partial charge is 0.489 e. The van der Waals surface area contributed by atoms with Crippen molar-refractivity contribution in [3.05, 3.63) is 101 Å². The van der Waals surface area contributed by atoms with Gasteiger partial charge in [-0.2, -0.15) is 18.3 Å². The van der Waals surface area contributed by atoms with Gasteiger partial charge in [-0.05, 0) is 47.5 Å². The summed E-state index contributed by atoms with van der Waals surface area (Å²) >= 11 is 0. The van der Waals surface area contributed by atoms with Gasteiger partial charge in [0, 0.05) is 36.1 Å². The third-order valence-electron chi connectivity index (χ3n) is 5.62. The van der Waals surface area contributed by atoms with Crippen LogP contribution >= 0.6 is 0 Å². The number of hydrogen-bond donors (Lipinski definition) is 1. The molecule has 1 aromatic heterocycles. The molecule has 0 saturated heterocycles. The molecule has 0 amide bonds. The van der Waals surface area contributed by atoms with Crippen LogP contribution in [-0.2, 0) is 25.9 Å². The van der Waals surface area contributed by atoms with Crippen molar-refractivity contribution in [2.45, 2.75) is 25.9 Å². The van der Waals surface area contributed by atoms with Crippen LogP contribution in [0, 0.1) is 0 Å². The van der Waals surface area contributed by atoms with E-state index < -0.39 is 11.7 Å². The Morgan fingerprint density at radius 2 is 1.66 bits per heavy atom. The fourth-order valence-electron chi connectivity index (χ4n) is 3.94. The molecular weight excluding hydrogens is 415 g/mol. The van der Waals surface area contributed by atoms with E-state index in [1.54, 1.807) is 6.20 Å². The highest BCUT2D eigenvalue weighted by molar-refractivity contribution is 5.63. The molecule has 7 heteroatoms. The standard InChI is InChI=1S/C25H20F3N3O/c26-25(27,28)21-9-6-17(7-10-21)24-20(13-29-30-24)16-32-23-11-8-18-14-31(15-19(18)12-23)22-4-2-1-3-5-22/h1-13H,14-16H2,(H,29,30). The molecule has 5 rings (SSSR count). The van der Waals surface area contributed by atoms with E-state index in [1.165, 1.54) is 28.9 Å². The summed E-state index contributed by atoms with van der Waals surface area (Å²) < 4.78 is 44.5. The van der Waals surface area contributed by atoms with E-state index in [2.05, 4.69) is 39.4 Å². The first-order chi connectivity index (χ1) is 15.5. The van der Waals surface area contributed by atoms with E-state index in [4.69, 9.17) is 4.74 Å². The average molecular weight is 435 g/mol. The van der Waals surface area contributed by atoms with Crippen LogP contribution in [0.15, 0.2) is 79.0 Å². The number of benzene rings is 3. The second-order valence-electron chi connectivity index (χ2n) is 7.74. The SMILES string of the molecule is FC(F)(F)c1ccc(-c2n[nH]cc2COc2ccc3c(c2)CN(c2ccccc2)C3)cc1. The monoisotopic (exact) mass is 435 g/mol. The second-order valence-corrected chi connectivity index (χ2v) is 7.74. The second kappa shape index (κ2) is 8.07. The number of aromatic nitrogens is 2. The smallest absolute Gasteiger partial charge is 0.416 e. The van der Waals surface area contributed by atoms with E-state index in [1.807, 2.05) is 24.3 Å². The number of aromatic amines is 1. The molecule has 0 aliphatic carbocycles. The van der Waals surface area contributed by atoms with Gasteiger partial charge in [0.2, 0.25) is 0 Å². The minimum atomic E-state index is -4.36. The van der Waals surface area contributed by atoms with Crippen LogP contribution < -0.4 is 9.64 Å². The van der Waals surface area contributed by atoms with Crippen molar-refractivity contribution in [2.75, 3.05) is 4.90 Å². The Labute approximate surface area is 183 Å². The van der Waals surface area contributed by atoms with Crippen molar-refractivity contribution < 1.29 is 17.9 Å². The number of para-hydroxylation sites is 1. The average Bonchev–Trinajstić information content (AvgIpc) is 3.44. The summed E-state index contributed by atoms with van der Waals surface area (Å²) in [6, 6.07) is 21.3. The minimum Gasteiger partial charge on any atom is -0.489 e. The van der Waals surface area contributed by atoms with E-state index >= 15 is 0 Å². The lowest BCUT2D eigenvalue weighted by Gasteiger charge is -2.17. The van der Waals surface area contributed by atoms with E-state index in [0.29, 0.717) is 11.3 Å². The highest BCUT2D eigenvalue weighted by Gasteiger charge is 2.30. The van der Waals surface area contributed by atoms with Crippen molar-refractivity contribution in [2.24, 2.45) is 0 Å². The third-order valence-corrected chi connectivity index (χ3v) is 5.62. The Hall–Kier alpha value is -3.74. The number of alkyl halides is 3. The van der Waals surface area contributed by atoms with Crippen LogP contribution in [-0.4, -0.2) is 10.2 Å². The molecule has 1 N–H and O–H groups in total. The molecule has 1 aliphatic heterocycles. The van der Waals surface area contributed by atoms with Gasteiger partial charge in [-0.15, -0.1) is 0 Å². The van der Waals surface area contributed by atoms with Gasteiger partial charge in [0.05, 0.1) is 11.3 Å². The zero-order valence-electron chi connectivity index (χ0n) is 17.1. The molecular formula is C25H20F3N3O. The first-order valence-electron chi connectivity index (χ1n) is 10.2. The molecule has 0 unspecified atom stereocenters. The first-order valence-corrected chi connectivity index (χ1v) is 10.2. The number of hydrogen-bond acceptors (Lipinski definition) is 3. The van der Waals surface area contributed by atoms with Crippen LogP contribution in [0.2, 0.25) is 0 Å². The predicted octanol–water partition coefficient (Wildman–Crippen LogP) is 6.19. The summed E-state index contributed by atoms with van der Waals surface area (Å²) in [4.78, 5) is 2.31. The Balaban J connectivity index is 1.28. The van der Waals surface area contributed by atoms with Crippen LogP contribution in [0.1, 0.15) is 22.3 Å². The Morgan fingerprint density at radius 3 is 2.41 bits per heavy atom. The topological polar surface area (TPSA) is 41.1 Å². The highest BCUT2D eigenvalue weighted by atomic mass is 19.4. The first kappa shape index (κ1) is 20.2. The van der Waals surface area contributed by atoms with Gasteiger partial charge < -0.3 is 9.64 Å². The molecule has 3 aromatic carbocycles. The molecule has 0 spiro atoms. The van der Waals surface area contributed by atoms with Crippen molar-refractivity contribution in [1.29, 1.82) is 0 Å². The molecule has 162 valence electrons. The molecule has 0 radical (unpaired) electrons. The molecule has 1 aliphatic rings. The molecule has 4 aromatic rings. The molecule has 32 heavy (non-hydrogen) atoms. The van der Waals surface area contributed by atoms with Gasteiger partial charge in [-0.3, -0.25) is 5.10 Å². The Kier molecular flexibility index (Phi) is 5.09. The summed E-state index contributed by atoms with van der Waals surface area (Å²) in [7, 11) is 0. The number of ether oxygens (including phenoxy) is 1. The summed E-state index contributed by atoms with van der Waals surface area (Å²) in [6.07, 6.45) is -2.66. The zero-order chi connectivity index (χ0) is 22.1. The maximum atomic E-state index is 12.8. The number of nitrogens with one attached hydrogen (secondary N) is 1. The number of fused-ring (bicyclic) bond motifs is 1. The van der Waals surface area contributed by atoms with Crippen molar-refractivity contribution in [1.82, 2.24) is 10.2 Å². The van der Waals surface area contributed by atoms with Gasteiger partial charge in [0.1, 0.15) is 12.4 Å². The van der Waals surface area contributed by atoms with Gasteiger partial charge >= 0.3 is 6.18 Å². The van der Waals surface area contributed by atoms with Crippen molar-refractivity contribution in [3.63, 3.8) is 0 Å². The molecule has 0 fully saturated rings. The van der Waals surface area contributed by atoms with Crippen molar-refractivity contribution in [3.8, 4) is 17.0 Å². The highest BCUT2D eigenvalue weighted by Crippen LogP contribution is 2.33. The molecule has 4 nitrogen and oxygen atoms in total. The molecule has 0 atom stereocenters. The minimum absolute atomic E-state index is 0.258. The maximum Gasteiger partial charge on any atom is 0.416 e. The van der Waals surface area contributed by atoms with Crippen LogP contribution in [0.4, 0.5) is 18.9 Å². The number of nitrogens with zero attached hydrogens (tertiary/aromatic N) is 2. The number of anilines is 1. The fourth-order valence-corrected chi connectivity index (χ4v) is 3.94. The summed E-state index contributed by atoms with van der Waals surface area (Å²) in [5.74, 6) is 0.748. The number of H-pyrrole nitrogens is 1. The maximum absolute atomic E-state index is 12.8. The Bertz CT molecular complexity index is 1220. The summed E-state index contributed by atoms with van der Waals surface area (Å²) in [5, 5.41) is 6.98. The Morgan fingerprint density at radius 1 is 0.906 bits per heavy atom. The number of halogens is 3. The molecule has 0 saturated carbocycles. The van der Waals surface area contributed by atoms with Gasteiger partial charge in [0.15, 0.2) is 0 Å². The van der Waals surface area contributed by atoms with Gasteiger partial charge in [-0.25, -0.2) is 0 Å². The van der Waals surface area contributed by atoms with Crippen LogP contribution in [0.5, 0.6) is 5.75 Å². The third kappa shape index (κ3) is 4.06. The van der Waals surface area contributed by atoms with Crippen molar-refractivity contribution >= 4 is 5.69 Å². The lowest BCUT2D eigenvalue weighted by atomic mass is 10.1. The lowest BCUT2D eigenvalue weighted by Crippen LogP contribution is -2.13. The van der Waals surface area contributed by atoms with Gasteiger partial charge in [-0.1, -0.05) is 36.4 Å². The molecule has 0 bridgehead atoms. The zero-order valence-corrected chi connectivity index (χ0v) is 17.1. The number of rotatable bonds is 5. The van der Waals surface area contributed by atoms with E-state index in [-0.39, 0.29) is 6.61 Å². The fraction of sp³-hybridized carbons (Fsp3) is 0.160. The van der Waals surface area contributed by atoms with Crippen LogP contribution in [0.25, 0.3) is 11.3 Å². The van der Waals surface area contributed by atoms with E-state index in [9.17, 15) is 13.2 Å². The quantitative estimate of drug-likeness (QED) is 0.406. The lowest BCUT2D eigenvalue weighted by molar-refractivity contribution is -0.137. The summed E-state index contributed by atoms with van der Waals surface area (Å²) in [6.45, 7) is 1.94. The summed E-state index contributed by atoms with van der Waals surface area (Å²) in [5.41, 5.74) is 4.95. The molecule has 2 heterocycles. The van der Waals surface area contributed by atoms with Gasteiger partial charge in [0.25, 0.3) is 0 Å². The van der Waals surface area contributed by atoms with Crippen LogP contribution in [0.3, 0.4) is 0 Å². The van der Waals surface area contributed by atoms with E-state index in [0.717, 1.165) is 36.5 Å².